The summed E-state index contributed by atoms with van der Waals surface area (Å²) >= 11 is 0. The molecule has 2 rings (SSSR count). The Morgan fingerprint density at radius 1 is 1.50 bits per heavy atom. The number of esters is 1. The third-order valence-electron chi connectivity index (χ3n) is 2.84. The van der Waals surface area contributed by atoms with E-state index >= 15 is 0 Å². The number of ether oxygens (including phenoxy) is 1. The zero-order valence-electron chi connectivity index (χ0n) is 10.3. The van der Waals surface area contributed by atoms with Crippen LogP contribution in [0.1, 0.15) is 23.3 Å². The van der Waals surface area contributed by atoms with E-state index in [4.69, 9.17) is 15.4 Å². The van der Waals surface area contributed by atoms with Gasteiger partial charge in [0.25, 0.3) is 15.5 Å². The maximum absolute atomic E-state index is 12.4. The first-order valence-electron chi connectivity index (χ1n) is 5.87. The lowest BCUT2D eigenvalue weighted by Gasteiger charge is -2.08. The molecule has 0 amide bonds. The van der Waals surface area contributed by atoms with Crippen LogP contribution in [-0.2, 0) is 20.3 Å². The molecule has 0 aliphatic heterocycles. The average molecular weight is 328 g/mol. The van der Waals surface area contributed by atoms with E-state index in [1.807, 2.05) is 0 Å². The summed E-state index contributed by atoms with van der Waals surface area (Å²) in [5.74, 6) is -0.516. The van der Waals surface area contributed by atoms with Gasteiger partial charge in [-0.15, -0.1) is 0 Å². The Morgan fingerprint density at radius 3 is 2.65 bits per heavy atom. The zero-order valence-corrected chi connectivity index (χ0v) is 11.8. The van der Waals surface area contributed by atoms with Gasteiger partial charge < -0.3 is 9.30 Å². The fourth-order valence-corrected chi connectivity index (χ4v) is 2.40. The predicted octanol–water partition coefficient (Wildman–Crippen LogP) is 2.25. The molecule has 20 heavy (non-hydrogen) atoms. The molecule has 0 spiro atoms. The Bertz CT molecular complexity index is 610. The van der Waals surface area contributed by atoms with E-state index in [1.54, 1.807) is 0 Å². The minimum atomic E-state index is -4.09. The standard InChI is InChI=1S/C11H12ClF2NO4S/c12-20(17,18)8-3-9(15(4-8)5-10(13)14)11(16)19-6-7-1-2-7/h3-4,7,10H,1-2,5-6H2. The molecule has 0 N–H and O–H groups in total. The number of rotatable bonds is 6. The van der Waals surface area contributed by atoms with Crippen LogP contribution in [0.3, 0.4) is 0 Å². The van der Waals surface area contributed by atoms with Crippen molar-refractivity contribution >= 4 is 25.7 Å². The van der Waals surface area contributed by atoms with Gasteiger partial charge in [-0.25, -0.2) is 22.0 Å². The summed E-state index contributed by atoms with van der Waals surface area (Å²) in [4.78, 5) is 11.4. The van der Waals surface area contributed by atoms with Gasteiger partial charge in [-0.05, 0) is 24.8 Å². The second-order valence-electron chi connectivity index (χ2n) is 4.58. The molecular formula is C11H12ClF2NO4S. The van der Waals surface area contributed by atoms with Crippen molar-refractivity contribution in [3.05, 3.63) is 18.0 Å². The van der Waals surface area contributed by atoms with E-state index in [1.165, 1.54) is 0 Å². The van der Waals surface area contributed by atoms with E-state index in [9.17, 15) is 22.0 Å². The maximum atomic E-state index is 12.4. The molecule has 1 fully saturated rings. The van der Waals surface area contributed by atoms with Crippen LogP contribution < -0.4 is 0 Å². The highest BCUT2D eigenvalue weighted by atomic mass is 35.7. The molecule has 1 saturated carbocycles. The molecule has 0 aromatic carbocycles. The van der Waals surface area contributed by atoms with Gasteiger partial charge in [0.2, 0.25) is 0 Å². The normalized spacial score (nSPS) is 15.6. The van der Waals surface area contributed by atoms with Crippen LogP contribution in [0.2, 0.25) is 0 Å². The number of carbonyl (C=O) groups excluding carboxylic acids is 1. The molecule has 0 radical (unpaired) electrons. The summed E-state index contributed by atoms with van der Waals surface area (Å²) in [6, 6.07) is 0.944. The molecule has 1 heterocycles. The SMILES string of the molecule is O=C(OCC1CC1)c1cc(S(=O)(=O)Cl)cn1CC(F)F. The Morgan fingerprint density at radius 2 is 2.15 bits per heavy atom. The highest BCUT2D eigenvalue weighted by Gasteiger charge is 2.26. The number of hydrogen-bond donors (Lipinski definition) is 0. The number of aromatic nitrogens is 1. The van der Waals surface area contributed by atoms with Gasteiger partial charge in [-0.3, -0.25) is 0 Å². The average Bonchev–Trinajstić information content (AvgIpc) is 3.04. The van der Waals surface area contributed by atoms with Gasteiger partial charge in [0, 0.05) is 16.9 Å². The smallest absolute Gasteiger partial charge is 0.355 e. The molecule has 5 nitrogen and oxygen atoms in total. The van der Waals surface area contributed by atoms with E-state index in [0.717, 1.165) is 29.7 Å². The second-order valence-corrected chi connectivity index (χ2v) is 7.15. The third kappa shape index (κ3) is 3.92. The zero-order chi connectivity index (χ0) is 14.9. The summed E-state index contributed by atoms with van der Waals surface area (Å²) < 4.78 is 53.1. The molecule has 0 saturated heterocycles. The number of alkyl halides is 2. The van der Waals surface area contributed by atoms with Gasteiger partial charge in [-0.2, -0.15) is 0 Å². The Balaban J connectivity index is 2.23. The van der Waals surface area contributed by atoms with Gasteiger partial charge in [0.05, 0.1) is 13.2 Å². The molecule has 1 aliphatic rings. The largest absolute Gasteiger partial charge is 0.461 e. The van der Waals surface area contributed by atoms with Crippen LogP contribution in [0.25, 0.3) is 0 Å². The van der Waals surface area contributed by atoms with E-state index in [-0.39, 0.29) is 12.3 Å². The van der Waals surface area contributed by atoms with Crippen molar-refractivity contribution in [2.24, 2.45) is 5.92 Å². The van der Waals surface area contributed by atoms with E-state index in [2.05, 4.69) is 0 Å². The maximum Gasteiger partial charge on any atom is 0.355 e. The van der Waals surface area contributed by atoms with Gasteiger partial charge in [0.15, 0.2) is 0 Å². The lowest BCUT2D eigenvalue weighted by atomic mass is 10.4. The molecule has 1 aromatic rings. The number of carbonyl (C=O) groups is 1. The number of halogens is 3. The fourth-order valence-electron chi connectivity index (χ4n) is 1.64. The first-order chi connectivity index (χ1) is 9.27. The molecular weight excluding hydrogens is 316 g/mol. The predicted molar refractivity (Wildman–Crippen MR) is 66.5 cm³/mol. The lowest BCUT2D eigenvalue weighted by Crippen LogP contribution is -2.15. The molecule has 0 atom stereocenters. The van der Waals surface area contributed by atoms with Gasteiger partial charge >= 0.3 is 5.97 Å². The quantitative estimate of drug-likeness (QED) is 0.594. The molecule has 9 heteroatoms. The van der Waals surface area contributed by atoms with Gasteiger partial charge in [-0.1, -0.05) is 0 Å². The fraction of sp³-hybridized carbons (Fsp3) is 0.545. The lowest BCUT2D eigenvalue weighted by molar-refractivity contribution is 0.0466. The number of nitrogens with zero attached hydrogens (tertiary/aromatic N) is 1. The van der Waals surface area contributed by atoms with Crippen LogP contribution in [0.15, 0.2) is 17.2 Å². The Hall–Kier alpha value is -1.15. The van der Waals surface area contributed by atoms with Crippen molar-refractivity contribution in [1.82, 2.24) is 4.57 Å². The highest BCUT2D eigenvalue weighted by Crippen LogP contribution is 2.29. The second kappa shape index (κ2) is 5.69. The summed E-state index contributed by atoms with van der Waals surface area (Å²) in [5.41, 5.74) is -0.245. The van der Waals surface area contributed by atoms with Crippen LogP contribution in [0.4, 0.5) is 8.78 Å². The third-order valence-corrected chi connectivity index (χ3v) is 4.16. The van der Waals surface area contributed by atoms with Crippen LogP contribution in [-0.4, -0.2) is 32.0 Å². The topological polar surface area (TPSA) is 65.4 Å². The van der Waals surface area contributed by atoms with E-state index < -0.39 is 32.9 Å². The molecule has 0 bridgehead atoms. The van der Waals surface area contributed by atoms with Gasteiger partial charge in [0.1, 0.15) is 10.6 Å². The van der Waals surface area contributed by atoms with E-state index in [0.29, 0.717) is 5.92 Å². The Kier molecular flexibility index (Phi) is 4.33. The molecule has 0 unspecified atom stereocenters. The minimum absolute atomic E-state index is 0.210. The summed E-state index contributed by atoms with van der Waals surface area (Å²) in [6.45, 7) is -0.595. The molecule has 1 aliphatic carbocycles. The number of hydrogen-bond acceptors (Lipinski definition) is 4. The summed E-state index contributed by atoms with van der Waals surface area (Å²) in [6.07, 6.45) is 0.102. The summed E-state index contributed by atoms with van der Waals surface area (Å²) in [5, 5.41) is 0. The van der Waals surface area contributed by atoms with Crippen molar-refractivity contribution in [3.63, 3.8) is 0 Å². The monoisotopic (exact) mass is 327 g/mol. The molecule has 1 aromatic heterocycles. The van der Waals surface area contributed by atoms with Crippen molar-refractivity contribution in [3.8, 4) is 0 Å². The molecule has 112 valence electrons. The van der Waals surface area contributed by atoms with Crippen molar-refractivity contribution in [1.29, 1.82) is 0 Å². The minimum Gasteiger partial charge on any atom is -0.461 e. The summed E-state index contributed by atoms with van der Waals surface area (Å²) in [7, 11) is 1.05. The van der Waals surface area contributed by atoms with Crippen molar-refractivity contribution in [2.45, 2.75) is 30.7 Å². The highest BCUT2D eigenvalue weighted by molar-refractivity contribution is 8.13. The first-order valence-corrected chi connectivity index (χ1v) is 8.18. The Labute approximate surface area is 118 Å². The van der Waals surface area contributed by atoms with Crippen LogP contribution in [0.5, 0.6) is 0 Å². The van der Waals surface area contributed by atoms with Crippen LogP contribution >= 0.6 is 10.7 Å². The van der Waals surface area contributed by atoms with Crippen molar-refractivity contribution in [2.75, 3.05) is 6.61 Å². The van der Waals surface area contributed by atoms with Crippen LogP contribution in [0, 0.1) is 5.92 Å². The van der Waals surface area contributed by atoms with Crippen molar-refractivity contribution < 1.29 is 26.7 Å². The first kappa shape index (κ1) is 15.2.